The van der Waals surface area contributed by atoms with Crippen LogP contribution in [0.3, 0.4) is 0 Å². The molecule has 1 atom stereocenters. The largest absolute Gasteiger partial charge is 0.468 e. The van der Waals surface area contributed by atoms with Gasteiger partial charge >= 0.3 is 5.97 Å². The number of ether oxygens (including phenoxy) is 1. The second kappa shape index (κ2) is 5.35. The molecule has 17 heavy (non-hydrogen) atoms. The Balaban J connectivity index is 3.02. The number of carbonyl (C=O) groups excluding carboxylic acids is 1. The fourth-order valence-corrected chi connectivity index (χ4v) is 1.45. The molecule has 1 aromatic rings. The molecule has 0 saturated heterocycles. The van der Waals surface area contributed by atoms with Gasteiger partial charge in [0.05, 0.1) is 12.0 Å². The maximum atomic E-state index is 11.1. The van der Waals surface area contributed by atoms with E-state index in [0.717, 1.165) is 0 Å². The van der Waals surface area contributed by atoms with Gasteiger partial charge in [0.15, 0.2) is 0 Å². The maximum Gasteiger partial charge on any atom is 0.323 e. The maximum absolute atomic E-state index is 11.1. The van der Waals surface area contributed by atoms with Crippen LogP contribution in [0, 0.1) is 17.0 Å². The van der Waals surface area contributed by atoms with E-state index in [1.165, 1.54) is 19.4 Å². The molecule has 0 aromatic carbocycles. The van der Waals surface area contributed by atoms with Crippen molar-refractivity contribution < 1.29 is 14.5 Å². The monoisotopic (exact) mass is 239 g/mol. The van der Waals surface area contributed by atoms with E-state index in [9.17, 15) is 14.9 Å². The van der Waals surface area contributed by atoms with Crippen LogP contribution in [0.5, 0.6) is 0 Å². The summed E-state index contributed by atoms with van der Waals surface area (Å²) in [4.78, 5) is 25.4. The van der Waals surface area contributed by atoms with Crippen LogP contribution in [-0.2, 0) is 16.0 Å². The number of aryl methyl sites for hydroxylation is 1. The van der Waals surface area contributed by atoms with Gasteiger partial charge in [-0.2, -0.15) is 0 Å². The van der Waals surface area contributed by atoms with Crippen LogP contribution in [-0.4, -0.2) is 29.0 Å². The molecule has 0 aliphatic carbocycles. The number of pyridine rings is 1. The van der Waals surface area contributed by atoms with E-state index in [-0.39, 0.29) is 17.8 Å². The second-order valence-electron chi connectivity index (χ2n) is 3.51. The summed E-state index contributed by atoms with van der Waals surface area (Å²) in [5, 5.41) is 10.9. The summed E-state index contributed by atoms with van der Waals surface area (Å²) in [7, 11) is 1.21. The highest BCUT2D eigenvalue weighted by Gasteiger charge is 2.23. The minimum atomic E-state index is -0.951. The molecule has 0 fully saturated rings. The minimum absolute atomic E-state index is 0.0231. The van der Waals surface area contributed by atoms with Crippen molar-refractivity contribution in [3.05, 3.63) is 33.6 Å². The zero-order valence-corrected chi connectivity index (χ0v) is 9.54. The number of esters is 1. The van der Waals surface area contributed by atoms with Crippen LogP contribution in [0.15, 0.2) is 12.3 Å². The number of hydrogen-bond donors (Lipinski definition) is 1. The zero-order valence-electron chi connectivity index (χ0n) is 9.54. The van der Waals surface area contributed by atoms with Crippen molar-refractivity contribution in [3.63, 3.8) is 0 Å². The molecule has 2 N–H and O–H groups in total. The Labute approximate surface area is 97.7 Å². The van der Waals surface area contributed by atoms with Crippen molar-refractivity contribution in [2.75, 3.05) is 7.11 Å². The van der Waals surface area contributed by atoms with Crippen LogP contribution in [0.25, 0.3) is 0 Å². The Bertz CT molecular complexity index is 447. The highest BCUT2D eigenvalue weighted by Crippen LogP contribution is 2.21. The van der Waals surface area contributed by atoms with Crippen LogP contribution in [0.2, 0.25) is 0 Å². The third-order valence-electron chi connectivity index (χ3n) is 2.30. The molecule has 92 valence electrons. The van der Waals surface area contributed by atoms with E-state index in [1.807, 2.05) is 0 Å². The van der Waals surface area contributed by atoms with Crippen LogP contribution >= 0.6 is 0 Å². The van der Waals surface area contributed by atoms with E-state index in [1.54, 1.807) is 6.92 Å². The number of carbonyl (C=O) groups is 1. The first kappa shape index (κ1) is 13.0. The van der Waals surface area contributed by atoms with Crippen molar-refractivity contribution in [1.29, 1.82) is 0 Å². The third kappa shape index (κ3) is 2.97. The van der Waals surface area contributed by atoms with Gasteiger partial charge in [-0.15, -0.1) is 0 Å². The molecule has 0 bridgehead atoms. The molecule has 0 spiro atoms. The minimum Gasteiger partial charge on any atom is -0.468 e. The molecular formula is C10H13N3O4. The lowest BCUT2D eigenvalue weighted by molar-refractivity contribution is -0.386. The molecule has 7 nitrogen and oxygen atoms in total. The Hall–Kier alpha value is -2.02. The lowest BCUT2D eigenvalue weighted by Gasteiger charge is -2.09. The van der Waals surface area contributed by atoms with E-state index < -0.39 is 16.9 Å². The molecule has 0 saturated carbocycles. The van der Waals surface area contributed by atoms with E-state index >= 15 is 0 Å². The Morgan fingerprint density at radius 2 is 2.35 bits per heavy atom. The van der Waals surface area contributed by atoms with Gasteiger partial charge < -0.3 is 10.5 Å². The van der Waals surface area contributed by atoms with E-state index in [4.69, 9.17) is 5.73 Å². The molecule has 7 heteroatoms. The first-order valence-corrected chi connectivity index (χ1v) is 4.89. The number of rotatable bonds is 4. The second-order valence-corrected chi connectivity index (χ2v) is 3.51. The Kier molecular flexibility index (Phi) is 4.11. The number of nitro groups is 1. The Morgan fingerprint density at radius 1 is 1.71 bits per heavy atom. The summed E-state index contributed by atoms with van der Waals surface area (Å²) in [6.07, 6.45) is 1.42. The first-order valence-electron chi connectivity index (χ1n) is 4.89. The van der Waals surface area contributed by atoms with Crippen LogP contribution in [0.4, 0.5) is 5.69 Å². The number of nitrogens with two attached hydrogens (primary N) is 1. The molecule has 1 rings (SSSR count). The third-order valence-corrected chi connectivity index (χ3v) is 2.30. The molecule has 0 amide bonds. The first-order chi connectivity index (χ1) is 7.97. The molecular weight excluding hydrogens is 226 g/mol. The summed E-state index contributed by atoms with van der Waals surface area (Å²) in [5.41, 5.74) is 6.11. The lowest BCUT2D eigenvalue weighted by Crippen LogP contribution is -2.34. The molecule has 1 heterocycles. The van der Waals surface area contributed by atoms with Crippen LogP contribution in [0.1, 0.15) is 11.3 Å². The molecule has 0 aliphatic heterocycles. The van der Waals surface area contributed by atoms with Gasteiger partial charge in [0.2, 0.25) is 0 Å². The van der Waals surface area contributed by atoms with Crippen molar-refractivity contribution in [2.24, 2.45) is 5.73 Å². The van der Waals surface area contributed by atoms with Gasteiger partial charge in [-0.1, -0.05) is 0 Å². The molecule has 0 aliphatic rings. The summed E-state index contributed by atoms with van der Waals surface area (Å²) < 4.78 is 4.45. The topological polar surface area (TPSA) is 108 Å². The standard InChI is InChI=1S/C10H13N3O4/c1-6-3-4-12-8(9(6)13(15)16)5-7(11)10(14)17-2/h3-4,7H,5,11H2,1-2H3/t7-/m0/s1. The number of aromatic nitrogens is 1. The van der Waals surface area contributed by atoms with Gasteiger partial charge in [0.25, 0.3) is 5.69 Å². The fraction of sp³-hybridized carbons (Fsp3) is 0.400. The summed E-state index contributed by atoms with van der Waals surface area (Å²) >= 11 is 0. The SMILES string of the molecule is COC(=O)[C@@H](N)Cc1nccc(C)c1[N+](=O)[O-]. The van der Waals surface area contributed by atoms with Crippen molar-refractivity contribution in [3.8, 4) is 0 Å². The average molecular weight is 239 g/mol. The lowest BCUT2D eigenvalue weighted by atomic mass is 10.1. The summed E-state index contributed by atoms with van der Waals surface area (Å²) in [6, 6.07) is 0.582. The zero-order chi connectivity index (χ0) is 13.0. The number of methoxy groups -OCH3 is 1. The number of hydrogen-bond acceptors (Lipinski definition) is 6. The summed E-state index contributed by atoms with van der Waals surface area (Å²) in [6.45, 7) is 1.60. The van der Waals surface area contributed by atoms with Crippen molar-refractivity contribution >= 4 is 11.7 Å². The highest BCUT2D eigenvalue weighted by atomic mass is 16.6. The molecule has 1 aromatic heterocycles. The van der Waals surface area contributed by atoms with Gasteiger partial charge in [-0.25, -0.2) is 0 Å². The average Bonchev–Trinajstić information content (AvgIpc) is 2.27. The predicted octanol–water partition coefficient (Wildman–Crippen LogP) is 0.341. The van der Waals surface area contributed by atoms with Gasteiger partial charge in [-0.05, 0) is 13.0 Å². The van der Waals surface area contributed by atoms with Crippen LogP contribution < -0.4 is 5.73 Å². The summed E-state index contributed by atoms with van der Waals surface area (Å²) in [5.74, 6) is -0.623. The highest BCUT2D eigenvalue weighted by molar-refractivity contribution is 5.75. The Morgan fingerprint density at radius 3 is 2.88 bits per heavy atom. The fourth-order valence-electron chi connectivity index (χ4n) is 1.45. The molecule has 0 unspecified atom stereocenters. The van der Waals surface area contributed by atoms with Gasteiger partial charge in [0.1, 0.15) is 11.7 Å². The van der Waals surface area contributed by atoms with E-state index in [2.05, 4.69) is 9.72 Å². The van der Waals surface area contributed by atoms with E-state index in [0.29, 0.717) is 5.56 Å². The van der Waals surface area contributed by atoms with Gasteiger partial charge in [-0.3, -0.25) is 19.9 Å². The smallest absolute Gasteiger partial charge is 0.323 e. The quantitative estimate of drug-likeness (QED) is 0.461. The van der Waals surface area contributed by atoms with Crippen molar-refractivity contribution in [1.82, 2.24) is 4.98 Å². The predicted molar refractivity (Wildman–Crippen MR) is 59.3 cm³/mol. The van der Waals surface area contributed by atoms with Gasteiger partial charge in [0, 0.05) is 18.2 Å². The normalized spacial score (nSPS) is 11.9. The number of nitrogens with zero attached hydrogens (tertiary/aromatic N) is 2. The molecule has 0 radical (unpaired) electrons. The van der Waals surface area contributed by atoms with Crippen molar-refractivity contribution in [2.45, 2.75) is 19.4 Å².